The highest BCUT2D eigenvalue weighted by molar-refractivity contribution is 5.28. The zero-order valence-electron chi connectivity index (χ0n) is 17.7. The van der Waals surface area contributed by atoms with Crippen molar-refractivity contribution in [3.05, 3.63) is 77.1 Å². The second-order valence-corrected chi connectivity index (χ2v) is 8.64. The Morgan fingerprint density at radius 3 is 2.67 bits per heavy atom. The minimum atomic E-state index is 0.0964. The van der Waals surface area contributed by atoms with Gasteiger partial charge in [-0.15, -0.1) is 5.10 Å². The Kier molecular flexibility index (Phi) is 5.60. The molecule has 0 amide bonds. The molecule has 6 nitrogen and oxygen atoms in total. The lowest BCUT2D eigenvalue weighted by Crippen LogP contribution is -2.51. The highest BCUT2D eigenvalue weighted by Crippen LogP contribution is 2.32. The standard InChI is InChI=1S/C24H30N6/c1-19-9-11-21(12-10-19)23(29-17-16-28-14-5-8-22(28)18-29)24-25-26-27-30(24)15-13-20-6-3-2-4-7-20/h2-4,6-7,9-12,22-23H,5,8,13-18H2,1H3/t22-,23+/m1/s1. The van der Waals surface area contributed by atoms with E-state index >= 15 is 0 Å². The van der Waals surface area contributed by atoms with Gasteiger partial charge in [0.2, 0.25) is 0 Å². The number of hydrogen-bond donors (Lipinski definition) is 0. The summed E-state index contributed by atoms with van der Waals surface area (Å²) < 4.78 is 2.01. The second-order valence-electron chi connectivity index (χ2n) is 8.64. The van der Waals surface area contributed by atoms with Gasteiger partial charge in [-0.1, -0.05) is 60.2 Å². The number of aryl methyl sites for hydroxylation is 3. The Balaban J connectivity index is 1.43. The fourth-order valence-corrected chi connectivity index (χ4v) is 4.97. The molecular formula is C24H30N6. The summed E-state index contributed by atoms with van der Waals surface area (Å²) in [6, 6.07) is 20.2. The maximum atomic E-state index is 4.53. The molecule has 2 saturated heterocycles. The van der Waals surface area contributed by atoms with Crippen LogP contribution in [0.15, 0.2) is 54.6 Å². The van der Waals surface area contributed by atoms with Crippen LogP contribution in [0.5, 0.6) is 0 Å². The molecule has 0 spiro atoms. The van der Waals surface area contributed by atoms with Gasteiger partial charge in [0, 0.05) is 32.2 Å². The Labute approximate surface area is 178 Å². The normalized spacial score (nSPS) is 20.9. The largest absolute Gasteiger partial charge is 0.298 e. The van der Waals surface area contributed by atoms with Gasteiger partial charge in [-0.3, -0.25) is 9.80 Å². The van der Waals surface area contributed by atoms with Gasteiger partial charge in [-0.25, -0.2) is 4.68 Å². The van der Waals surface area contributed by atoms with Gasteiger partial charge in [-0.05, 0) is 54.3 Å². The van der Waals surface area contributed by atoms with Crippen LogP contribution in [-0.2, 0) is 13.0 Å². The summed E-state index contributed by atoms with van der Waals surface area (Å²) in [7, 11) is 0. The maximum absolute atomic E-state index is 4.53. The summed E-state index contributed by atoms with van der Waals surface area (Å²) >= 11 is 0. The van der Waals surface area contributed by atoms with E-state index in [9.17, 15) is 0 Å². The lowest BCUT2D eigenvalue weighted by Gasteiger charge is -2.41. The van der Waals surface area contributed by atoms with Crippen LogP contribution in [-0.4, -0.2) is 62.2 Å². The van der Waals surface area contributed by atoms with E-state index in [1.807, 2.05) is 4.68 Å². The number of fused-ring (bicyclic) bond motifs is 1. The van der Waals surface area contributed by atoms with E-state index in [0.29, 0.717) is 6.04 Å². The van der Waals surface area contributed by atoms with Gasteiger partial charge in [-0.2, -0.15) is 0 Å². The van der Waals surface area contributed by atoms with Crippen molar-refractivity contribution in [2.75, 3.05) is 26.2 Å². The molecule has 2 aliphatic rings. The van der Waals surface area contributed by atoms with E-state index < -0.39 is 0 Å². The predicted molar refractivity (Wildman–Crippen MR) is 117 cm³/mol. The molecule has 0 saturated carbocycles. The van der Waals surface area contributed by atoms with Gasteiger partial charge in [0.25, 0.3) is 0 Å². The van der Waals surface area contributed by atoms with E-state index in [0.717, 1.165) is 38.4 Å². The van der Waals surface area contributed by atoms with Crippen molar-refractivity contribution in [2.24, 2.45) is 0 Å². The van der Waals surface area contributed by atoms with Crippen LogP contribution in [0.25, 0.3) is 0 Å². The first-order chi connectivity index (χ1) is 14.8. The number of benzene rings is 2. The molecule has 1 aromatic heterocycles. The maximum Gasteiger partial charge on any atom is 0.173 e. The lowest BCUT2D eigenvalue weighted by atomic mass is 10.0. The third-order valence-corrected chi connectivity index (χ3v) is 6.64. The van der Waals surface area contributed by atoms with Crippen molar-refractivity contribution in [3.63, 3.8) is 0 Å². The van der Waals surface area contributed by atoms with Gasteiger partial charge in [0.05, 0.1) is 6.04 Å². The Morgan fingerprint density at radius 1 is 1.00 bits per heavy atom. The molecule has 6 heteroatoms. The minimum absolute atomic E-state index is 0.0964. The molecule has 2 aliphatic heterocycles. The molecule has 0 N–H and O–H groups in total. The molecule has 2 atom stereocenters. The fraction of sp³-hybridized carbons (Fsp3) is 0.458. The van der Waals surface area contributed by atoms with E-state index in [2.05, 4.69) is 86.8 Å². The van der Waals surface area contributed by atoms with E-state index in [1.54, 1.807) is 0 Å². The van der Waals surface area contributed by atoms with Gasteiger partial charge < -0.3 is 0 Å². The van der Waals surface area contributed by atoms with Crippen molar-refractivity contribution in [3.8, 4) is 0 Å². The number of hydrogen-bond acceptors (Lipinski definition) is 5. The highest BCUT2D eigenvalue weighted by Gasteiger charge is 2.36. The molecule has 0 bridgehead atoms. The highest BCUT2D eigenvalue weighted by atomic mass is 15.6. The smallest absolute Gasteiger partial charge is 0.173 e. The number of nitrogens with zero attached hydrogens (tertiary/aromatic N) is 6. The second kappa shape index (κ2) is 8.66. The molecule has 0 radical (unpaired) electrons. The predicted octanol–water partition coefficient (Wildman–Crippen LogP) is 3.09. The summed E-state index contributed by atoms with van der Waals surface area (Å²) in [5, 5.41) is 13.0. The monoisotopic (exact) mass is 402 g/mol. The van der Waals surface area contributed by atoms with Crippen molar-refractivity contribution in [2.45, 2.75) is 44.8 Å². The summed E-state index contributed by atoms with van der Waals surface area (Å²) in [6.07, 6.45) is 3.55. The zero-order valence-corrected chi connectivity index (χ0v) is 17.7. The number of aromatic nitrogens is 4. The van der Waals surface area contributed by atoms with E-state index in [1.165, 1.54) is 36.1 Å². The average molecular weight is 403 g/mol. The van der Waals surface area contributed by atoms with Crippen LogP contribution < -0.4 is 0 Å². The first-order valence-electron chi connectivity index (χ1n) is 11.1. The lowest BCUT2D eigenvalue weighted by molar-refractivity contribution is 0.0792. The molecule has 3 heterocycles. The third kappa shape index (κ3) is 4.02. The van der Waals surface area contributed by atoms with Gasteiger partial charge >= 0.3 is 0 Å². The molecule has 2 fully saturated rings. The Hall–Kier alpha value is -2.57. The van der Waals surface area contributed by atoms with Crippen LogP contribution in [0.3, 0.4) is 0 Å². The first kappa shape index (κ1) is 19.4. The molecule has 5 rings (SSSR count). The Morgan fingerprint density at radius 2 is 1.83 bits per heavy atom. The van der Waals surface area contributed by atoms with E-state index in [-0.39, 0.29) is 6.04 Å². The van der Waals surface area contributed by atoms with Gasteiger partial charge in [0.15, 0.2) is 5.82 Å². The van der Waals surface area contributed by atoms with Crippen LogP contribution in [0.1, 0.15) is 41.4 Å². The topological polar surface area (TPSA) is 50.1 Å². The molecule has 3 aromatic rings. The SMILES string of the molecule is Cc1ccc([C@@H](c2nnnn2CCc2ccccc2)N2CCN3CCC[C@@H]3C2)cc1. The fourth-order valence-electron chi connectivity index (χ4n) is 4.97. The van der Waals surface area contributed by atoms with Crippen molar-refractivity contribution >= 4 is 0 Å². The third-order valence-electron chi connectivity index (χ3n) is 6.64. The van der Waals surface area contributed by atoms with Crippen molar-refractivity contribution in [1.29, 1.82) is 0 Å². The van der Waals surface area contributed by atoms with Crippen molar-refractivity contribution in [1.82, 2.24) is 30.0 Å². The molecule has 0 aliphatic carbocycles. The summed E-state index contributed by atoms with van der Waals surface area (Å²) in [6.45, 7) is 7.46. The molecule has 156 valence electrons. The molecule has 2 aromatic carbocycles. The summed E-state index contributed by atoms with van der Waals surface area (Å²) in [5.74, 6) is 0.959. The Bertz CT molecular complexity index is 951. The first-order valence-corrected chi connectivity index (χ1v) is 11.1. The van der Waals surface area contributed by atoms with Crippen LogP contribution in [0, 0.1) is 6.92 Å². The van der Waals surface area contributed by atoms with Crippen molar-refractivity contribution < 1.29 is 0 Å². The minimum Gasteiger partial charge on any atom is -0.298 e. The van der Waals surface area contributed by atoms with Gasteiger partial charge in [0.1, 0.15) is 0 Å². The number of piperazine rings is 1. The number of rotatable bonds is 6. The molecule has 30 heavy (non-hydrogen) atoms. The van der Waals surface area contributed by atoms with Crippen LogP contribution in [0.4, 0.5) is 0 Å². The number of tetrazole rings is 1. The average Bonchev–Trinajstić information content (AvgIpc) is 3.44. The summed E-state index contributed by atoms with van der Waals surface area (Å²) in [5.41, 5.74) is 3.87. The quantitative estimate of drug-likeness (QED) is 0.634. The van der Waals surface area contributed by atoms with Crippen LogP contribution in [0.2, 0.25) is 0 Å². The molecular weight excluding hydrogens is 372 g/mol. The van der Waals surface area contributed by atoms with Crippen LogP contribution >= 0.6 is 0 Å². The van der Waals surface area contributed by atoms with E-state index in [4.69, 9.17) is 0 Å². The summed E-state index contributed by atoms with van der Waals surface area (Å²) in [4.78, 5) is 5.25. The zero-order chi connectivity index (χ0) is 20.3. The molecule has 0 unspecified atom stereocenters.